The minimum atomic E-state index is -0.281. The van der Waals surface area contributed by atoms with Crippen LogP contribution in [-0.4, -0.2) is 39.4 Å². The number of aromatic amines is 1. The van der Waals surface area contributed by atoms with Crippen LogP contribution in [0.1, 0.15) is 25.0 Å². The first-order chi connectivity index (χ1) is 15.0. The summed E-state index contributed by atoms with van der Waals surface area (Å²) in [5, 5.41) is 7.14. The minimum Gasteiger partial charge on any atom is -0.493 e. The lowest BCUT2D eigenvalue weighted by molar-refractivity contribution is -0.122. The molecule has 8 heteroatoms. The van der Waals surface area contributed by atoms with Crippen molar-refractivity contribution in [3.05, 3.63) is 75.2 Å². The van der Waals surface area contributed by atoms with E-state index in [-0.39, 0.29) is 11.1 Å². The van der Waals surface area contributed by atoms with Gasteiger partial charge < -0.3 is 4.74 Å². The van der Waals surface area contributed by atoms with E-state index in [1.165, 1.54) is 4.90 Å². The molecule has 1 saturated heterocycles. The number of thioether (sulfide) groups is 1. The maximum atomic E-state index is 13.0. The van der Waals surface area contributed by atoms with E-state index in [0.717, 1.165) is 38.7 Å². The lowest BCUT2D eigenvalue weighted by Crippen LogP contribution is -2.27. The number of amides is 2. The molecule has 6 nitrogen and oxygen atoms in total. The van der Waals surface area contributed by atoms with Gasteiger partial charge in [0.2, 0.25) is 0 Å². The first-order valence-electron chi connectivity index (χ1n) is 9.85. The van der Waals surface area contributed by atoms with Crippen molar-refractivity contribution in [3.8, 4) is 17.0 Å². The van der Waals surface area contributed by atoms with Gasteiger partial charge in [-0.1, -0.05) is 30.3 Å². The second-order valence-corrected chi connectivity index (χ2v) is 8.53. The summed E-state index contributed by atoms with van der Waals surface area (Å²) in [7, 11) is 0. The van der Waals surface area contributed by atoms with E-state index in [1.54, 1.807) is 13.1 Å². The first kappa shape index (κ1) is 21.4. The molecule has 31 heavy (non-hydrogen) atoms. The fraction of sp³-hybridized carbons (Fsp3) is 0.174. The highest BCUT2D eigenvalue weighted by molar-refractivity contribution is 9.10. The molecule has 2 aromatic carbocycles. The average Bonchev–Trinajstić information content (AvgIpc) is 3.35. The van der Waals surface area contributed by atoms with Crippen LogP contribution in [-0.2, 0) is 4.79 Å². The second-order valence-electron chi connectivity index (χ2n) is 6.71. The van der Waals surface area contributed by atoms with E-state index in [0.29, 0.717) is 29.3 Å². The fourth-order valence-electron chi connectivity index (χ4n) is 3.46. The van der Waals surface area contributed by atoms with Crippen molar-refractivity contribution in [3.63, 3.8) is 0 Å². The molecule has 1 fully saturated rings. The Balaban J connectivity index is 1.89. The number of likely N-dealkylation sites (N-methyl/N-ethyl adjacent to an activating group) is 1. The summed E-state index contributed by atoms with van der Waals surface area (Å²) in [4.78, 5) is 27.1. The molecule has 2 heterocycles. The Kier molecular flexibility index (Phi) is 6.29. The van der Waals surface area contributed by atoms with Gasteiger partial charge in [-0.25, -0.2) is 0 Å². The van der Waals surface area contributed by atoms with Gasteiger partial charge in [0.15, 0.2) is 0 Å². The van der Waals surface area contributed by atoms with Gasteiger partial charge in [0.25, 0.3) is 11.1 Å². The molecule has 0 bridgehead atoms. The van der Waals surface area contributed by atoms with Crippen LogP contribution >= 0.6 is 27.7 Å². The number of rotatable bonds is 6. The molecule has 1 N–H and O–H groups in total. The number of carbonyl (C=O) groups excluding carboxylic acids is 2. The summed E-state index contributed by atoms with van der Waals surface area (Å²) in [6.45, 7) is 4.63. The van der Waals surface area contributed by atoms with Crippen LogP contribution in [0.4, 0.5) is 4.79 Å². The summed E-state index contributed by atoms with van der Waals surface area (Å²) in [6, 6.07) is 15.3. The third kappa shape index (κ3) is 4.05. The molecular formula is C23H20BrN3O3S. The molecule has 158 valence electrons. The lowest BCUT2D eigenvalue weighted by atomic mass is 9.95. The number of H-pyrrole nitrogens is 1. The topological polar surface area (TPSA) is 75.3 Å². The molecule has 0 radical (unpaired) electrons. The molecule has 0 saturated carbocycles. The second kappa shape index (κ2) is 9.11. The number of nitrogens with zero attached hydrogens (tertiary/aromatic N) is 2. The van der Waals surface area contributed by atoms with Crippen molar-refractivity contribution in [1.82, 2.24) is 15.1 Å². The number of benzene rings is 2. The van der Waals surface area contributed by atoms with Crippen molar-refractivity contribution in [2.45, 2.75) is 13.8 Å². The monoisotopic (exact) mass is 497 g/mol. The molecule has 0 aliphatic carbocycles. The third-order valence-electron chi connectivity index (χ3n) is 4.87. The first-order valence-corrected chi connectivity index (χ1v) is 11.5. The molecule has 3 aromatic rings. The Bertz CT molecular complexity index is 1170. The van der Waals surface area contributed by atoms with E-state index in [4.69, 9.17) is 4.74 Å². The number of carbonyl (C=O) groups is 2. The summed E-state index contributed by atoms with van der Waals surface area (Å²) >= 11 is 4.53. The van der Waals surface area contributed by atoms with Crippen molar-refractivity contribution >= 4 is 44.4 Å². The van der Waals surface area contributed by atoms with E-state index in [9.17, 15) is 9.59 Å². The lowest BCUT2D eigenvalue weighted by Gasteiger charge is -2.13. The van der Waals surface area contributed by atoms with Crippen LogP contribution in [0.2, 0.25) is 0 Å². The molecule has 0 unspecified atom stereocenters. The highest BCUT2D eigenvalue weighted by Gasteiger charge is 2.37. The van der Waals surface area contributed by atoms with Crippen molar-refractivity contribution in [2.24, 2.45) is 0 Å². The van der Waals surface area contributed by atoms with E-state index in [1.807, 2.05) is 55.5 Å². The molecule has 0 spiro atoms. The smallest absolute Gasteiger partial charge is 0.293 e. The van der Waals surface area contributed by atoms with Gasteiger partial charge >= 0.3 is 0 Å². The van der Waals surface area contributed by atoms with Crippen molar-refractivity contribution in [1.29, 1.82) is 0 Å². The SMILES string of the molecule is CCOc1ccc(-c2n[nH]cc2C(=C2SC(=O)N(CC)C2=O)c2ccccc2)cc1Br. The standard InChI is InChI=1S/C23H20BrN3O3S/c1-3-27-22(28)21(31-23(27)29)19(14-8-6-5-7-9-14)16-13-25-26-20(16)15-10-11-18(30-4-2)17(24)12-15/h5-13H,3-4H2,1-2H3,(H,25,26). The van der Waals surface area contributed by atoms with Crippen LogP contribution in [0.25, 0.3) is 16.8 Å². The summed E-state index contributed by atoms with van der Waals surface area (Å²) in [5.41, 5.74) is 3.83. The van der Waals surface area contributed by atoms with Crippen molar-refractivity contribution in [2.75, 3.05) is 13.2 Å². The normalized spacial score (nSPS) is 15.5. The fourth-order valence-corrected chi connectivity index (χ4v) is 4.97. The number of nitrogens with one attached hydrogen (secondary N) is 1. The molecular weight excluding hydrogens is 478 g/mol. The molecule has 0 atom stereocenters. The highest BCUT2D eigenvalue weighted by Crippen LogP contribution is 2.42. The number of imide groups is 1. The average molecular weight is 498 g/mol. The zero-order valence-corrected chi connectivity index (χ0v) is 19.4. The minimum absolute atomic E-state index is 0.259. The maximum absolute atomic E-state index is 13.0. The van der Waals surface area contributed by atoms with E-state index >= 15 is 0 Å². The molecule has 4 rings (SSSR count). The molecule has 1 aromatic heterocycles. The van der Waals surface area contributed by atoms with Gasteiger partial charge in [-0.3, -0.25) is 19.6 Å². The largest absolute Gasteiger partial charge is 0.493 e. The van der Waals surface area contributed by atoms with Gasteiger partial charge in [-0.05, 0) is 65.3 Å². The Morgan fingerprint density at radius 1 is 1.16 bits per heavy atom. The number of hydrogen-bond donors (Lipinski definition) is 1. The quantitative estimate of drug-likeness (QED) is 0.441. The van der Waals surface area contributed by atoms with Gasteiger partial charge in [0.1, 0.15) is 5.75 Å². The van der Waals surface area contributed by atoms with Crippen LogP contribution in [0.3, 0.4) is 0 Å². The van der Waals surface area contributed by atoms with Gasteiger partial charge in [-0.15, -0.1) is 0 Å². The zero-order chi connectivity index (χ0) is 22.0. The van der Waals surface area contributed by atoms with Crippen LogP contribution in [0, 0.1) is 0 Å². The van der Waals surface area contributed by atoms with Crippen molar-refractivity contribution < 1.29 is 14.3 Å². The number of hydrogen-bond acceptors (Lipinski definition) is 5. The van der Waals surface area contributed by atoms with Crippen LogP contribution in [0.15, 0.2) is 64.1 Å². The molecule has 2 amide bonds. The Morgan fingerprint density at radius 3 is 2.58 bits per heavy atom. The Hall–Kier alpha value is -2.84. The van der Waals surface area contributed by atoms with Crippen LogP contribution < -0.4 is 4.74 Å². The van der Waals surface area contributed by atoms with Crippen LogP contribution in [0.5, 0.6) is 5.75 Å². The summed E-state index contributed by atoms with van der Waals surface area (Å²) in [5.74, 6) is 0.465. The summed E-state index contributed by atoms with van der Waals surface area (Å²) < 4.78 is 6.43. The maximum Gasteiger partial charge on any atom is 0.293 e. The number of ether oxygens (including phenoxy) is 1. The zero-order valence-electron chi connectivity index (χ0n) is 17.0. The van der Waals surface area contributed by atoms with Gasteiger partial charge in [-0.2, -0.15) is 5.10 Å². The molecule has 1 aliphatic rings. The van der Waals surface area contributed by atoms with Gasteiger partial charge in [0.05, 0.1) is 21.7 Å². The highest BCUT2D eigenvalue weighted by atomic mass is 79.9. The number of halogens is 1. The number of aromatic nitrogens is 2. The summed E-state index contributed by atoms with van der Waals surface area (Å²) in [6.07, 6.45) is 1.77. The van der Waals surface area contributed by atoms with Gasteiger partial charge in [0, 0.05) is 29.4 Å². The Labute approximate surface area is 192 Å². The van der Waals surface area contributed by atoms with E-state index < -0.39 is 0 Å². The van der Waals surface area contributed by atoms with E-state index in [2.05, 4.69) is 26.1 Å². The third-order valence-corrected chi connectivity index (χ3v) is 6.47. The predicted octanol–water partition coefficient (Wildman–Crippen LogP) is 5.71. The predicted molar refractivity (Wildman–Crippen MR) is 126 cm³/mol. The molecule has 1 aliphatic heterocycles. The Morgan fingerprint density at radius 2 is 1.94 bits per heavy atom.